The number of furan rings is 1. The van der Waals surface area contributed by atoms with Crippen LogP contribution in [0.5, 0.6) is 0 Å². The molecule has 0 amide bonds. The van der Waals surface area contributed by atoms with Gasteiger partial charge in [-0.05, 0) is 23.8 Å². The van der Waals surface area contributed by atoms with E-state index in [1.807, 2.05) is 30.3 Å². The van der Waals surface area contributed by atoms with E-state index in [1.165, 1.54) is 29.2 Å². The molecule has 0 spiro atoms. The van der Waals surface area contributed by atoms with Crippen molar-refractivity contribution in [2.45, 2.75) is 12.8 Å². The molecular formula is C24H17FN4O4. The average Bonchev–Trinajstić information content (AvgIpc) is 3.43. The van der Waals surface area contributed by atoms with Crippen LogP contribution in [0.15, 0.2) is 82.3 Å². The molecular weight excluding hydrogens is 427 g/mol. The maximum absolute atomic E-state index is 14.1. The Balaban J connectivity index is 1.69. The number of hydrogen-bond acceptors (Lipinski definition) is 5. The van der Waals surface area contributed by atoms with Crippen LogP contribution < -0.4 is 5.56 Å². The zero-order valence-electron chi connectivity index (χ0n) is 17.2. The Kier molecular flexibility index (Phi) is 5.06. The summed E-state index contributed by atoms with van der Waals surface area (Å²) in [6.45, 7) is 0. The highest BCUT2D eigenvalue weighted by molar-refractivity contribution is 5.63. The van der Waals surface area contributed by atoms with E-state index < -0.39 is 10.7 Å². The lowest BCUT2D eigenvalue weighted by atomic mass is 10.1. The molecule has 0 aliphatic carbocycles. The van der Waals surface area contributed by atoms with E-state index in [0.29, 0.717) is 35.1 Å². The van der Waals surface area contributed by atoms with Crippen molar-refractivity contribution in [2.24, 2.45) is 0 Å². The maximum atomic E-state index is 14.1. The van der Waals surface area contributed by atoms with E-state index in [2.05, 4.69) is 9.97 Å². The van der Waals surface area contributed by atoms with E-state index >= 15 is 0 Å². The van der Waals surface area contributed by atoms with E-state index in [4.69, 9.17) is 4.42 Å². The summed E-state index contributed by atoms with van der Waals surface area (Å²) in [6.07, 6.45) is 3.66. The summed E-state index contributed by atoms with van der Waals surface area (Å²) in [6, 6.07) is 16.4. The van der Waals surface area contributed by atoms with Gasteiger partial charge in [0, 0.05) is 24.2 Å². The van der Waals surface area contributed by atoms with Crippen LogP contribution in [0.4, 0.5) is 10.1 Å². The van der Waals surface area contributed by atoms with Crippen molar-refractivity contribution in [3.8, 4) is 17.1 Å². The van der Waals surface area contributed by atoms with E-state index in [1.54, 1.807) is 12.1 Å². The van der Waals surface area contributed by atoms with E-state index in [9.17, 15) is 19.3 Å². The fraction of sp³-hybridized carbons (Fsp3) is 0.0833. The van der Waals surface area contributed by atoms with Crippen LogP contribution in [0.25, 0.3) is 17.1 Å². The molecule has 9 heteroatoms. The molecule has 0 bridgehead atoms. The summed E-state index contributed by atoms with van der Waals surface area (Å²) in [5.41, 5.74) is 1.78. The molecule has 0 saturated heterocycles. The van der Waals surface area contributed by atoms with Gasteiger partial charge in [0.05, 0.1) is 35.1 Å². The summed E-state index contributed by atoms with van der Waals surface area (Å²) >= 11 is 0. The van der Waals surface area contributed by atoms with Gasteiger partial charge in [0.25, 0.3) is 11.2 Å². The quantitative estimate of drug-likeness (QED) is 0.307. The third kappa shape index (κ3) is 4.03. The van der Waals surface area contributed by atoms with Crippen molar-refractivity contribution in [3.63, 3.8) is 0 Å². The average molecular weight is 444 g/mol. The van der Waals surface area contributed by atoms with Crippen molar-refractivity contribution < 1.29 is 13.7 Å². The Morgan fingerprint density at radius 2 is 1.91 bits per heavy atom. The summed E-state index contributed by atoms with van der Waals surface area (Å²) in [5, 5.41) is 11.2. The molecule has 0 radical (unpaired) electrons. The fourth-order valence-corrected chi connectivity index (χ4v) is 3.78. The summed E-state index contributed by atoms with van der Waals surface area (Å²) < 4.78 is 20.9. The van der Waals surface area contributed by atoms with Crippen molar-refractivity contribution in [1.29, 1.82) is 0 Å². The Morgan fingerprint density at radius 1 is 1.09 bits per heavy atom. The fourth-order valence-electron chi connectivity index (χ4n) is 3.78. The van der Waals surface area contributed by atoms with Crippen LogP contribution >= 0.6 is 0 Å². The molecule has 33 heavy (non-hydrogen) atoms. The number of aromatic amines is 1. The minimum Gasteiger partial charge on any atom is -0.469 e. The molecule has 2 aliphatic heterocycles. The third-order valence-corrected chi connectivity index (χ3v) is 5.30. The molecule has 0 atom stereocenters. The van der Waals surface area contributed by atoms with E-state index in [0.717, 1.165) is 11.6 Å². The second kappa shape index (κ2) is 8.19. The monoisotopic (exact) mass is 444 g/mol. The second-order valence-electron chi connectivity index (χ2n) is 7.58. The lowest BCUT2D eigenvalue weighted by Gasteiger charge is -2.13. The molecule has 2 aliphatic rings. The Bertz CT molecular complexity index is 1470. The molecule has 5 rings (SSSR count). The van der Waals surface area contributed by atoms with Crippen LogP contribution in [-0.2, 0) is 12.8 Å². The van der Waals surface area contributed by atoms with Crippen molar-refractivity contribution in [2.75, 3.05) is 0 Å². The zero-order valence-corrected chi connectivity index (χ0v) is 17.2. The molecule has 0 saturated carbocycles. The predicted octanol–water partition coefficient (Wildman–Crippen LogP) is 4.49. The van der Waals surface area contributed by atoms with Gasteiger partial charge in [-0.25, -0.2) is 9.37 Å². The van der Waals surface area contributed by atoms with Gasteiger partial charge in [-0.15, -0.1) is 0 Å². The number of benzene rings is 2. The molecule has 2 aromatic carbocycles. The van der Waals surface area contributed by atoms with Crippen molar-refractivity contribution in [1.82, 2.24) is 14.5 Å². The lowest BCUT2D eigenvalue weighted by molar-refractivity contribution is -0.385. The first-order valence-electron chi connectivity index (χ1n) is 10.1. The summed E-state index contributed by atoms with van der Waals surface area (Å²) in [4.78, 5) is 31.5. The van der Waals surface area contributed by atoms with Gasteiger partial charge in [-0.2, -0.15) is 0 Å². The molecule has 3 heterocycles. The molecule has 0 unspecified atom stereocenters. The second-order valence-corrected chi connectivity index (χ2v) is 7.58. The molecule has 8 nitrogen and oxygen atoms in total. The molecule has 0 fully saturated rings. The summed E-state index contributed by atoms with van der Waals surface area (Å²) in [7, 11) is 0. The molecule has 164 valence electrons. The number of aromatic nitrogens is 3. The number of hydrogen-bond donors (Lipinski definition) is 1. The zero-order chi connectivity index (χ0) is 22.9. The van der Waals surface area contributed by atoms with Gasteiger partial charge in [0.15, 0.2) is 5.82 Å². The van der Waals surface area contributed by atoms with Crippen molar-refractivity contribution in [3.05, 3.63) is 122 Å². The largest absolute Gasteiger partial charge is 0.469 e. The SMILES string of the molecule is O=c1c(Cc2ccco2)nc2c(Cc3ccccc3)[nH]c(-c3cc(F)cc([N+](=O)[O-])c3)cn1-2. The number of nitrogens with zero attached hydrogens (tertiary/aromatic N) is 3. The molecule has 1 N–H and O–H groups in total. The van der Waals surface area contributed by atoms with Gasteiger partial charge < -0.3 is 9.40 Å². The number of H-pyrrole nitrogens is 1. The standard InChI is InChI=1S/C24H17FN4O4/c25-17-10-16(11-18(12-17)29(31)32)22-14-28-23(20(26-22)9-15-5-2-1-3-6-15)27-21(24(28)30)13-19-7-4-8-33-19/h1-8,10-12,14,26H,9,13H2. The van der Waals surface area contributed by atoms with Crippen LogP contribution in [0.1, 0.15) is 22.7 Å². The van der Waals surface area contributed by atoms with Gasteiger partial charge in [-0.3, -0.25) is 19.5 Å². The van der Waals surface area contributed by atoms with Gasteiger partial charge in [0.1, 0.15) is 17.3 Å². The first kappa shape index (κ1) is 20.4. The minimum atomic E-state index is -0.746. The van der Waals surface area contributed by atoms with Crippen LogP contribution in [0, 0.1) is 15.9 Å². The van der Waals surface area contributed by atoms with Gasteiger partial charge >= 0.3 is 0 Å². The lowest BCUT2D eigenvalue weighted by Crippen LogP contribution is -2.17. The first-order chi connectivity index (χ1) is 16.0. The van der Waals surface area contributed by atoms with E-state index in [-0.39, 0.29) is 23.2 Å². The van der Waals surface area contributed by atoms with Crippen LogP contribution in [-0.4, -0.2) is 19.5 Å². The number of halogens is 1. The Hall–Kier alpha value is -4.53. The minimum absolute atomic E-state index is 0.221. The van der Waals surface area contributed by atoms with Gasteiger partial charge in [0.2, 0.25) is 0 Å². The number of non-ortho nitro benzene ring substituents is 1. The number of nitrogens with one attached hydrogen (secondary N) is 1. The van der Waals surface area contributed by atoms with Crippen molar-refractivity contribution >= 4 is 5.69 Å². The van der Waals surface area contributed by atoms with Crippen LogP contribution in [0.3, 0.4) is 0 Å². The van der Waals surface area contributed by atoms with Gasteiger partial charge in [-0.1, -0.05) is 30.3 Å². The molecule has 1 aromatic heterocycles. The maximum Gasteiger partial charge on any atom is 0.278 e. The highest BCUT2D eigenvalue weighted by Crippen LogP contribution is 2.27. The Morgan fingerprint density at radius 3 is 2.64 bits per heavy atom. The van der Waals surface area contributed by atoms with Crippen LogP contribution in [0.2, 0.25) is 0 Å². The highest BCUT2D eigenvalue weighted by Gasteiger charge is 2.22. The molecule has 3 aromatic rings. The normalized spacial score (nSPS) is 11.2. The number of rotatable bonds is 6. The predicted molar refractivity (Wildman–Crippen MR) is 118 cm³/mol. The summed E-state index contributed by atoms with van der Waals surface area (Å²) in [5.74, 6) is 0.286. The number of imidazole rings is 1. The third-order valence-electron chi connectivity index (χ3n) is 5.30. The number of fused-ring (bicyclic) bond motifs is 1. The first-order valence-corrected chi connectivity index (χ1v) is 10.1. The topological polar surface area (TPSA) is 107 Å². The number of nitro benzene ring substituents is 1. The highest BCUT2D eigenvalue weighted by atomic mass is 19.1. The number of nitro groups is 1. The smallest absolute Gasteiger partial charge is 0.278 e. The Labute approximate surface area is 186 Å².